The van der Waals surface area contributed by atoms with Crippen LogP contribution in [0.5, 0.6) is 0 Å². The highest BCUT2D eigenvalue weighted by Gasteiger charge is 2.43. The minimum absolute atomic E-state index is 0.108. The van der Waals surface area contributed by atoms with E-state index in [9.17, 15) is 0 Å². The zero-order chi connectivity index (χ0) is 13.5. The SMILES string of the molecule is CC(C)O[Si](CCCN)(OC(C)C)OC(C)C. The molecule has 0 aliphatic carbocycles. The number of nitrogens with two attached hydrogens (primary N) is 1. The van der Waals surface area contributed by atoms with Crippen LogP contribution in [0.4, 0.5) is 0 Å². The maximum absolute atomic E-state index is 6.00. The maximum Gasteiger partial charge on any atom is 0.501 e. The molecule has 4 nitrogen and oxygen atoms in total. The Bertz CT molecular complexity index is 172. The van der Waals surface area contributed by atoms with Gasteiger partial charge in [0.2, 0.25) is 0 Å². The summed E-state index contributed by atoms with van der Waals surface area (Å²) in [6, 6.07) is 0.790. The van der Waals surface area contributed by atoms with Crippen LogP contribution >= 0.6 is 0 Å². The van der Waals surface area contributed by atoms with Gasteiger partial charge in [0.15, 0.2) is 0 Å². The van der Waals surface area contributed by atoms with Gasteiger partial charge in [-0.2, -0.15) is 0 Å². The van der Waals surface area contributed by atoms with Gasteiger partial charge in [-0.25, -0.2) is 0 Å². The minimum atomic E-state index is -2.59. The smallest absolute Gasteiger partial charge is 0.371 e. The monoisotopic (exact) mass is 263 g/mol. The predicted octanol–water partition coefficient (Wildman–Crippen LogP) is 2.55. The zero-order valence-corrected chi connectivity index (χ0v) is 13.2. The first kappa shape index (κ1) is 17.1. The van der Waals surface area contributed by atoms with E-state index in [1.807, 2.05) is 41.5 Å². The van der Waals surface area contributed by atoms with Crippen molar-refractivity contribution < 1.29 is 13.3 Å². The van der Waals surface area contributed by atoms with E-state index in [4.69, 9.17) is 19.0 Å². The lowest BCUT2D eigenvalue weighted by Crippen LogP contribution is -2.50. The second-order valence-corrected chi connectivity index (χ2v) is 7.65. The molecule has 0 rings (SSSR count). The molecular weight excluding hydrogens is 234 g/mol. The van der Waals surface area contributed by atoms with Gasteiger partial charge in [0.1, 0.15) is 0 Å². The van der Waals surface area contributed by atoms with Crippen LogP contribution in [-0.4, -0.2) is 33.7 Å². The van der Waals surface area contributed by atoms with Crippen molar-refractivity contribution in [2.24, 2.45) is 5.73 Å². The van der Waals surface area contributed by atoms with Crippen LogP contribution in [0.15, 0.2) is 0 Å². The maximum atomic E-state index is 6.00. The summed E-state index contributed by atoms with van der Waals surface area (Å²) in [6.45, 7) is 12.7. The zero-order valence-electron chi connectivity index (χ0n) is 12.2. The van der Waals surface area contributed by atoms with Gasteiger partial charge in [0.25, 0.3) is 0 Å². The molecule has 0 spiro atoms. The normalized spacial score (nSPS) is 13.1. The van der Waals surface area contributed by atoms with E-state index in [0.717, 1.165) is 12.5 Å². The van der Waals surface area contributed by atoms with Crippen molar-refractivity contribution >= 4 is 8.80 Å². The van der Waals surface area contributed by atoms with Crippen molar-refractivity contribution in [1.82, 2.24) is 0 Å². The lowest BCUT2D eigenvalue weighted by Gasteiger charge is -2.34. The van der Waals surface area contributed by atoms with Crippen molar-refractivity contribution in [3.05, 3.63) is 0 Å². The average Bonchev–Trinajstić information content (AvgIpc) is 2.11. The van der Waals surface area contributed by atoms with Crippen molar-refractivity contribution in [3.8, 4) is 0 Å². The lowest BCUT2D eigenvalue weighted by atomic mass is 10.5. The summed E-state index contributed by atoms with van der Waals surface area (Å²) < 4.78 is 18.0. The van der Waals surface area contributed by atoms with Crippen molar-refractivity contribution in [3.63, 3.8) is 0 Å². The van der Waals surface area contributed by atoms with Gasteiger partial charge in [0.05, 0.1) is 0 Å². The van der Waals surface area contributed by atoms with Gasteiger partial charge in [-0.05, 0) is 54.5 Å². The predicted molar refractivity (Wildman–Crippen MR) is 72.9 cm³/mol. The number of hydrogen-bond acceptors (Lipinski definition) is 4. The molecule has 0 aromatic rings. The molecule has 0 aliphatic rings. The second kappa shape index (κ2) is 8.21. The van der Waals surface area contributed by atoms with Crippen molar-refractivity contribution in [1.29, 1.82) is 0 Å². The highest BCUT2D eigenvalue weighted by molar-refractivity contribution is 6.60. The first-order chi connectivity index (χ1) is 7.81. The summed E-state index contributed by atoms with van der Waals surface area (Å²) in [7, 11) is -2.59. The first-order valence-corrected chi connectivity index (χ1v) is 8.48. The molecule has 0 aliphatic heterocycles. The highest BCUT2D eigenvalue weighted by Crippen LogP contribution is 2.23. The molecule has 0 unspecified atom stereocenters. The number of rotatable bonds is 9. The second-order valence-electron chi connectivity index (χ2n) is 5.08. The van der Waals surface area contributed by atoms with E-state index >= 15 is 0 Å². The van der Waals surface area contributed by atoms with Crippen LogP contribution in [0.2, 0.25) is 6.04 Å². The van der Waals surface area contributed by atoms with Crippen LogP contribution in [0, 0.1) is 0 Å². The lowest BCUT2D eigenvalue weighted by molar-refractivity contribution is 0.00301. The Labute approximate surface area is 107 Å². The summed E-state index contributed by atoms with van der Waals surface area (Å²) in [5, 5.41) is 0. The van der Waals surface area contributed by atoms with Crippen molar-refractivity contribution in [2.45, 2.75) is 72.3 Å². The average molecular weight is 263 g/mol. The quantitative estimate of drug-likeness (QED) is 0.650. The molecule has 0 fully saturated rings. The number of hydrogen-bond donors (Lipinski definition) is 1. The molecule has 104 valence electrons. The molecule has 0 heterocycles. The van der Waals surface area contributed by atoms with Crippen LogP contribution in [-0.2, 0) is 13.3 Å². The van der Waals surface area contributed by atoms with Crippen LogP contribution < -0.4 is 5.73 Å². The Kier molecular flexibility index (Phi) is 8.24. The van der Waals surface area contributed by atoms with Gasteiger partial charge >= 0.3 is 8.80 Å². The van der Waals surface area contributed by atoms with E-state index < -0.39 is 8.80 Å². The Hall–Kier alpha value is 0.0569. The highest BCUT2D eigenvalue weighted by atomic mass is 28.4. The van der Waals surface area contributed by atoms with Gasteiger partial charge in [0, 0.05) is 24.4 Å². The van der Waals surface area contributed by atoms with E-state index in [-0.39, 0.29) is 18.3 Å². The minimum Gasteiger partial charge on any atom is -0.371 e. The Balaban J connectivity index is 4.76. The molecule has 0 saturated heterocycles. The Morgan fingerprint density at radius 2 is 1.18 bits per heavy atom. The molecule has 0 amide bonds. The van der Waals surface area contributed by atoms with Gasteiger partial charge in [-0.3, -0.25) is 0 Å². The summed E-state index contributed by atoms with van der Waals surface area (Å²) in [5.41, 5.74) is 5.58. The van der Waals surface area contributed by atoms with Crippen LogP contribution in [0.3, 0.4) is 0 Å². The molecule has 5 heteroatoms. The molecule has 0 bridgehead atoms. The molecule has 0 radical (unpaired) electrons. The Morgan fingerprint density at radius 1 is 0.824 bits per heavy atom. The van der Waals surface area contributed by atoms with E-state index in [1.54, 1.807) is 0 Å². The third kappa shape index (κ3) is 7.89. The van der Waals surface area contributed by atoms with Gasteiger partial charge in [-0.1, -0.05) is 0 Å². The van der Waals surface area contributed by atoms with E-state index in [0.29, 0.717) is 6.54 Å². The summed E-state index contributed by atoms with van der Waals surface area (Å²) in [5.74, 6) is 0. The Morgan fingerprint density at radius 3 is 1.41 bits per heavy atom. The fourth-order valence-corrected chi connectivity index (χ4v) is 4.97. The topological polar surface area (TPSA) is 53.7 Å². The fourth-order valence-electron chi connectivity index (χ4n) is 1.66. The first-order valence-electron chi connectivity index (χ1n) is 6.55. The molecule has 2 N–H and O–H groups in total. The van der Waals surface area contributed by atoms with Crippen LogP contribution in [0.25, 0.3) is 0 Å². The standard InChI is InChI=1S/C12H29NO3Si/c1-10(2)14-17(9-7-8-13,15-11(3)4)16-12(5)6/h10-12H,7-9,13H2,1-6H3. The molecule has 17 heavy (non-hydrogen) atoms. The molecule has 0 aromatic carbocycles. The molecule has 0 atom stereocenters. The summed E-state index contributed by atoms with van der Waals surface area (Å²) in [6.07, 6.45) is 1.20. The van der Waals surface area contributed by atoms with Crippen LogP contribution in [0.1, 0.15) is 48.0 Å². The third-order valence-corrected chi connectivity index (χ3v) is 5.39. The van der Waals surface area contributed by atoms with Crippen molar-refractivity contribution in [2.75, 3.05) is 6.54 Å². The molecular formula is C12H29NO3Si. The fraction of sp³-hybridized carbons (Fsp3) is 1.00. The molecule has 0 aromatic heterocycles. The third-order valence-electron chi connectivity index (χ3n) is 1.93. The summed E-state index contributed by atoms with van der Waals surface area (Å²) in [4.78, 5) is 0. The van der Waals surface area contributed by atoms with E-state index in [1.165, 1.54) is 0 Å². The largest absolute Gasteiger partial charge is 0.501 e. The van der Waals surface area contributed by atoms with E-state index in [2.05, 4.69) is 0 Å². The van der Waals surface area contributed by atoms with Gasteiger partial charge < -0.3 is 19.0 Å². The van der Waals surface area contributed by atoms with Gasteiger partial charge in [-0.15, -0.1) is 0 Å². The summed E-state index contributed by atoms with van der Waals surface area (Å²) >= 11 is 0. The molecule has 0 saturated carbocycles.